The zero-order valence-electron chi connectivity index (χ0n) is 18.7. The SMILES string of the molecule is COc1ccc(N2C(=O)C(Cl)=C(Nc3ccc(C(=O)NCC[NH+]4CCOCC4)cc3)C2=O)cc1. The highest BCUT2D eigenvalue weighted by atomic mass is 35.5. The summed E-state index contributed by atoms with van der Waals surface area (Å²) in [7, 11) is 1.53. The van der Waals surface area contributed by atoms with Crippen LogP contribution in [-0.2, 0) is 14.3 Å². The number of benzene rings is 2. The number of imide groups is 1. The predicted molar refractivity (Wildman–Crippen MR) is 127 cm³/mol. The minimum absolute atomic E-state index is 0.0202. The summed E-state index contributed by atoms with van der Waals surface area (Å²) in [4.78, 5) is 40.4. The van der Waals surface area contributed by atoms with Gasteiger partial charge in [-0.05, 0) is 48.5 Å². The fraction of sp³-hybridized carbons (Fsp3) is 0.292. The first-order valence-electron chi connectivity index (χ1n) is 11.0. The van der Waals surface area contributed by atoms with E-state index in [0.29, 0.717) is 29.2 Å². The summed E-state index contributed by atoms with van der Waals surface area (Å²) in [6, 6.07) is 13.1. The van der Waals surface area contributed by atoms with Crippen LogP contribution in [0.2, 0.25) is 0 Å². The lowest BCUT2D eigenvalue weighted by Crippen LogP contribution is -3.14. The van der Waals surface area contributed by atoms with Gasteiger partial charge in [0.05, 0.1) is 39.1 Å². The maximum Gasteiger partial charge on any atom is 0.283 e. The molecule has 4 rings (SSSR count). The Balaban J connectivity index is 1.36. The third kappa shape index (κ3) is 5.22. The Bertz CT molecular complexity index is 1100. The monoisotopic (exact) mass is 485 g/mol. The van der Waals surface area contributed by atoms with E-state index < -0.39 is 11.8 Å². The van der Waals surface area contributed by atoms with Crippen LogP contribution in [0.5, 0.6) is 5.75 Å². The van der Waals surface area contributed by atoms with Crippen molar-refractivity contribution in [3.05, 3.63) is 64.8 Å². The second-order valence-electron chi connectivity index (χ2n) is 7.90. The van der Waals surface area contributed by atoms with E-state index in [1.807, 2.05) is 0 Å². The van der Waals surface area contributed by atoms with Gasteiger partial charge in [-0.2, -0.15) is 0 Å². The van der Waals surface area contributed by atoms with E-state index in [9.17, 15) is 14.4 Å². The van der Waals surface area contributed by atoms with Crippen LogP contribution in [0.15, 0.2) is 59.3 Å². The van der Waals surface area contributed by atoms with E-state index in [4.69, 9.17) is 21.1 Å². The third-order valence-corrected chi connectivity index (χ3v) is 6.09. The number of nitrogens with one attached hydrogen (secondary N) is 3. The molecule has 10 heteroatoms. The van der Waals surface area contributed by atoms with E-state index >= 15 is 0 Å². The number of halogens is 1. The van der Waals surface area contributed by atoms with Crippen LogP contribution < -0.4 is 25.2 Å². The number of nitrogens with zero attached hydrogens (tertiary/aromatic N) is 1. The number of amides is 3. The molecule has 1 fully saturated rings. The Morgan fingerprint density at radius 3 is 2.38 bits per heavy atom. The summed E-state index contributed by atoms with van der Waals surface area (Å²) in [6.45, 7) is 4.84. The van der Waals surface area contributed by atoms with Crippen LogP contribution in [0, 0.1) is 0 Å². The molecule has 3 N–H and O–H groups in total. The molecule has 9 nitrogen and oxygen atoms in total. The van der Waals surface area contributed by atoms with Crippen LogP contribution >= 0.6 is 11.6 Å². The highest BCUT2D eigenvalue weighted by molar-refractivity contribution is 6.53. The molecule has 34 heavy (non-hydrogen) atoms. The lowest BCUT2D eigenvalue weighted by Gasteiger charge is -2.23. The van der Waals surface area contributed by atoms with Gasteiger partial charge in [0.25, 0.3) is 17.7 Å². The lowest BCUT2D eigenvalue weighted by molar-refractivity contribution is -0.906. The Labute approximate surface area is 202 Å². The standard InChI is InChI=1S/C24H25ClN4O5/c1-33-19-8-6-18(7-9-19)29-23(31)20(25)21(24(29)32)27-17-4-2-16(3-5-17)22(30)26-10-11-28-12-14-34-15-13-28/h2-9,27H,10-15H2,1H3,(H,26,30)/p+1. The fourth-order valence-corrected chi connectivity index (χ4v) is 4.00. The van der Waals surface area contributed by atoms with Crippen molar-refractivity contribution < 1.29 is 28.8 Å². The van der Waals surface area contributed by atoms with Crippen molar-refractivity contribution >= 4 is 40.7 Å². The van der Waals surface area contributed by atoms with Crippen LogP contribution in [-0.4, -0.2) is 64.2 Å². The molecule has 0 aromatic heterocycles. The maximum atomic E-state index is 12.9. The lowest BCUT2D eigenvalue weighted by atomic mass is 10.2. The zero-order chi connectivity index (χ0) is 24.1. The third-order valence-electron chi connectivity index (χ3n) is 5.74. The number of rotatable bonds is 8. The number of methoxy groups -OCH3 is 1. The van der Waals surface area contributed by atoms with Gasteiger partial charge in [0, 0.05) is 11.3 Å². The Hall–Kier alpha value is -3.40. The van der Waals surface area contributed by atoms with Gasteiger partial charge in [-0.15, -0.1) is 0 Å². The molecule has 0 saturated carbocycles. The summed E-state index contributed by atoms with van der Waals surface area (Å²) in [5.74, 6) is -0.744. The van der Waals surface area contributed by atoms with Gasteiger partial charge >= 0.3 is 0 Å². The molecule has 0 atom stereocenters. The first-order valence-corrected chi connectivity index (χ1v) is 11.3. The van der Waals surface area contributed by atoms with Gasteiger partial charge in [-0.3, -0.25) is 14.4 Å². The Morgan fingerprint density at radius 2 is 1.74 bits per heavy atom. The van der Waals surface area contributed by atoms with Crippen LogP contribution in [0.25, 0.3) is 0 Å². The molecule has 2 aliphatic rings. The summed E-state index contributed by atoms with van der Waals surface area (Å²) < 4.78 is 10.4. The molecule has 2 heterocycles. The van der Waals surface area contributed by atoms with Gasteiger partial charge in [-0.1, -0.05) is 11.6 Å². The van der Waals surface area contributed by atoms with Gasteiger partial charge in [0.2, 0.25) is 0 Å². The summed E-state index contributed by atoms with van der Waals surface area (Å²) in [5, 5.41) is 5.63. The predicted octanol–water partition coefficient (Wildman–Crippen LogP) is 0.776. The smallest absolute Gasteiger partial charge is 0.283 e. The van der Waals surface area contributed by atoms with Crippen molar-refractivity contribution in [2.24, 2.45) is 0 Å². The Kier molecular flexibility index (Phi) is 7.46. The van der Waals surface area contributed by atoms with Gasteiger partial charge in [0.1, 0.15) is 29.6 Å². The molecule has 0 spiro atoms. The normalized spacial score (nSPS) is 16.7. The van der Waals surface area contributed by atoms with E-state index in [-0.39, 0.29) is 16.6 Å². The molecule has 3 amide bonds. The number of morpholine rings is 1. The minimum Gasteiger partial charge on any atom is -0.497 e. The second-order valence-corrected chi connectivity index (χ2v) is 8.28. The topological polar surface area (TPSA) is 101 Å². The minimum atomic E-state index is -0.613. The average molecular weight is 486 g/mol. The van der Waals surface area contributed by atoms with Gasteiger partial charge < -0.3 is 25.0 Å². The van der Waals surface area contributed by atoms with Crippen molar-refractivity contribution in [2.45, 2.75) is 0 Å². The maximum absolute atomic E-state index is 12.9. The molecule has 0 radical (unpaired) electrons. The number of quaternary nitrogens is 1. The number of carbonyl (C=O) groups is 3. The molecule has 0 unspecified atom stereocenters. The van der Waals surface area contributed by atoms with Crippen LogP contribution in [0.1, 0.15) is 10.4 Å². The molecule has 2 aliphatic heterocycles. The number of anilines is 2. The van der Waals surface area contributed by atoms with Crippen LogP contribution in [0.4, 0.5) is 11.4 Å². The molecule has 0 aliphatic carbocycles. The van der Waals surface area contributed by atoms with E-state index in [1.165, 1.54) is 12.0 Å². The molecule has 1 saturated heterocycles. The fourth-order valence-electron chi connectivity index (χ4n) is 3.79. The average Bonchev–Trinajstić information content (AvgIpc) is 3.08. The Morgan fingerprint density at radius 1 is 1.06 bits per heavy atom. The summed E-state index contributed by atoms with van der Waals surface area (Å²) >= 11 is 6.19. The van der Waals surface area contributed by atoms with Crippen LogP contribution in [0.3, 0.4) is 0 Å². The molecular weight excluding hydrogens is 460 g/mol. The van der Waals surface area contributed by atoms with E-state index in [1.54, 1.807) is 48.5 Å². The van der Waals surface area contributed by atoms with E-state index in [0.717, 1.165) is 37.7 Å². The van der Waals surface area contributed by atoms with Crippen molar-refractivity contribution in [3.8, 4) is 5.75 Å². The number of hydrogen-bond donors (Lipinski definition) is 3. The quantitative estimate of drug-likeness (QED) is 0.478. The van der Waals surface area contributed by atoms with E-state index in [2.05, 4.69) is 10.6 Å². The number of ether oxygens (including phenoxy) is 2. The van der Waals surface area contributed by atoms with Gasteiger partial charge in [-0.25, -0.2) is 4.90 Å². The molecule has 2 aromatic rings. The molecule has 178 valence electrons. The van der Waals surface area contributed by atoms with Crippen molar-refractivity contribution in [1.29, 1.82) is 0 Å². The summed E-state index contributed by atoms with van der Waals surface area (Å²) in [5.41, 5.74) is 1.39. The number of carbonyl (C=O) groups excluding carboxylic acids is 3. The van der Waals surface area contributed by atoms with Crippen molar-refractivity contribution in [1.82, 2.24) is 5.32 Å². The highest BCUT2D eigenvalue weighted by Gasteiger charge is 2.39. The molecule has 0 bridgehead atoms. The second kappa shape index (κ2) is 10.7. The molecule has 2 aromatic carbocycles. The largest absolute Gasteiger partial charge is 0.497 e. The zero-order valence-corrected chi connectivity index (χ0v) is 19.5. The number of hydrogen-bond acceptors (Lipinski definition) is 6. The van der Waals surface area contributed by atoms with Gasteiger partial charge in [0.15, 0.2) is 0 Å². The van der Waals surface area contributed by atoms with Crippen molar-refractivity contribution in [2.75, 3.05) is 56.7 Å². The molecular formula is C24H26ClN4O5+. The summed E-state index contributed by atoms with van der Waals surface area (Å²) in [6.07, 6.45) is 0. The van der Waals surface area contributed by atoms with Crippen molar-refractivity contribution in [3.63, 3.8) is 0 Å². The highest BCUT2D eigenvalue weighted by Crippen LogP contribution is 2.31. The first-order chi connectivity index (χ1) is 16.5. The first kappa shape index (κ1) is 23.7.